The minimum Gasteiger partial charge on any atom is -0.0840 e. The Morgan fingerprint density at radius 3 is 2.71 bits per heavy atom. The molecule has 2 rings (SSSR count). The minimum atomic E-state index is 1.09. The van der Waals surface area contributed by atoms with E-state index in [0.29, 0.717) is 0 Å². The molecule has 72 valence electrons. The first-order chi connectivity index (χ1) is 6.86. The molecule has 1 aliphatic carbocycles. The Hall–Kier alpha value is -1.30. The van der Waals surface area contributed by atoms with Crippen molar-refractivity contribution < 1.29 is 0 Å². The number of hydrogen-bond donors (Lipinski definition) is 0. The number of hydrogen-bond acceptors (Lipinski definition) is 0. The zero-order valence-electron chi connectivity index (χ0n) is 8.66. The van der Waals surface area contributed by atoms with E-state index < -0.39 is 0 Å². The molecular formula is C14H16. The molecule has 1 aliphatic rings. The van der Waals surface area contributed by atoms with Crippen LogP contribution in [0.2, 0.25) is 0 Å². The standard InChI is InChI=1S/C14H16/c1-12-7-5-6-10-14(12)11-13-8-3-2-4-9-13/h3,5-10H,2,4,11H2,1H3. The van der Waals surface area contributed by atoms with Gasteiger partial charge >= 0.3 is 0 Å². The Labute approximate surface area is 86.0 Å². The molecule has 0 amide bonds. The van der Waals surface area contributed by atoms with E-state index in [1.54, 1.807) is 0 Å². The van der Waals surface area contributed by atoms with Gasteiger partial charge in [0.05, 0.1) is 0 Å². The van der Waals surface area contributed by atoms with Crippen molar-refractivity contribution in [1.29, 1.82) is 0 Å². The quantitative estimate of drug-likeness (QED) is 0.655. The summed E-state index contributed by atoms with van der Waals surface area (Å²) in [5, 5.41) is 0. The molecule has 0 nitrogen and oxygen atoms in total. The van der Waals surface area contributed by atoms with Gasteiger partial charge in [0.1, 0.15) is 0 Å². The Bertz CT molecular complexity index is 369. The van der Waals surface area contributed by atoms with Crippen molar-refractivity contribution in [3.05, 3.63) is 59.2 Å². The maximum atomic E-state index is 2.35. The second-order valence-corrected chi connectivity index (χ2v) is 3.86. The van der Waals surface area contributed by atoms with E-state index in [0.717, 1.165) is 6.42 Å². The van der Waals surface area contributed by atoms with Crippen LogP contribution in [0, 0.1) is 6.92 Å². The largest absolute Gasteiger partial charge is 0.0840 e. The summed E-state index contributed by atoms with van der Waals surface area (Å²) in [5.41, 5.74) is 4.31. The first-order valence-electron chi connectivity index (χ1n) is 5.26. The van der Waals surface area contributed by atoms with Crippen LogP contribution >= 0.6 is 0 Å². The van der Waals surface area contributed by atoms with Gasteiger partial charge in [-0.25, -0.2) is 0 Å². The molecule has 0 saturated heterocycles. The van der Waals surface area contributed by atoms with Gasteiger partial charge in [-0.15, -0.1) is 0 Å². The topological polar surface area (TPSA) is 0 Å². The van der Waals surface area contributed by atoms with Crippen molar-refractivity contribution in [1.82, 2.24) is 0 Å². The molecule has 0 aliphatic heterocycles. The summed E-state index contributed by atoms with van der Waals surface area (Å²) >= 11 is 0. The maximum absolute atomic E-state index is 2.35. The van der Waals surface area contributed by atoms with E-state index in [1.165, 1.54) is 29.5 Å². The van der Waals surface area contributed by atoms with Crippen molar-refractivity contribution in [3.8, 4) is 0 Å². The Kier molecular flexibility index (Phi) is 2.83. The molecule has 0 unspecified atom stereocenters. The predicted molar refractivity (Wildman–Crippen MR) is 61.3 cm³/mol. The first kappa shape index (κ1) is 9.26. The number of aryl methyl sites for hydroxylation is 1. The van der Waals surface area contributed by atoms with Crippen molar-refractivity contribution in [2.75, 3.05) is 0 Å². The highest BCUT2D eigenvalue weighted by atomic mass is 14.1. The van der Waals surface area contributed by atoms with E-state index in [2.05, 4.69) is 49.4 Å². The van der Waals surface area contributed by atoms with Crippen molar-refractivity contribution in [2.45, 2.75) is 26.2 Å². The van der Waals surface area contributed by atoms with Gasteiger partial charge in [-0.3, -0.25) is 0 Å². The van der Waals surface area contributed by atoms with Gasteiger partial charge in [-0.2, -0.15) is 0 Å². The monoisotopic (exact) mass is 184 g/mol. The predicted octanol–water partition coefficient (Wildman–Crippen LogP) is 3.81. The van der Waals surface area contributed by atoms with Crippen molar-refractivity contribution in [3.63, 3.8) is 0 Å². The summed E-state index contributed by atoms with van der Waals surface area (Å²) in [4.78, 5) is 0. The molecule has 0 aromatic heterocycles. The van der Waals surface area contributed by atoms with Crippen LogP contribution in [0.5, 0.6) is 0 Å². The molecule has 0 bridgehead atoms. The molecular weight excluding hydrogens is 168 g/mol. The maximum Gasteiger partial charge on any atom is -0.00264 e. The lowest BCUT2D eigenvalue weighted by molar-refractivity contribution is 0.991. The zero-order valence-corrected chi connectivity index (χ0v) is 8.66. The summed E-state index contributed by atoms with van der Waals surface area (Å²) in [6, 6.07) is 8.63. The first-order valence-corrected chi connectivity index (χ1v) is 5.26. The van der Waals surface area contributed by atoms with Gasteiger partial charge in [0.15, 0.2) is 0 Å². The molecule has 0 heterocycles. The van der Waals surface area contributed by atoms with Crippen LogP contribution < -0.4 is 0 Å². The normalized spacial score (nSPS) is 15.4. The molecule has 0 saturated carbocycles. The van der Waals surface area contributed by atoms with E-state index >= 15 is 0 Å². The average molecular weight is 184 g/mol. The SMILES string of the molecule is Cc1ccccc1CC1=CCCC=C1. The Morgan fingerprint density at radius 1 is 1.14 bits per heavy atom. The fourth-order valence-corrected chi connectivity index (χ4v) is 1.83. The van der Waals surface area contributed by atoms with Crippen LogP contribution in [0.25, 0.3) is 0 Å². The molecule has 0 fully saturated rings. The van der Waals surface area contributed by atoms with Crippen LogP contribution in [0.1, 0.15) is 24.0 Å². The van der Waals surface area contributed by atoms with Gasteiger partial charge in [0, 0.05) is 0 Å². The third-order valence-corrected chi connectivity index (χ3v) is 2.73. The lowest BCUT2D eigenvalue weighted by atomic mass is 9.97. The Balaban J connectivity index is 2.14. The smallest absolute Gasteiger partial charge is 0.00264 e. The summed E-state index contributed by atoms with van der Waals surface area (Å²) in [6.07, 6.45) is 10.4. The fourth-order valence-electron chi connectivity index (χ4n) is 1.83. The van der Waals surface area contributed by atoms with Gasteiger partial charge < -0.3 is 0 Å². The van der Waals surface area contributed by atoms with Gasteiger partial charge in [0.2, 0.25) is 0 Å². The number of benzene rings is 1. The van der Waals surface area contributed by atoms with Crippen LogP contribution in [0.15, 0.2) is 48.1 Å². The highest BCUT2D eigenvalue weighted by molar-refractivity contribution is 5.34. The van der Waals surface area contributed by atoms with Gasteiger partial charge in [-0.1, -0.05) is 42.5 Å². The second kappa shape index (κ2) is 4.28. The van der Waals surface area contributed by atoms with Crippen LogP contribution in [-0.4, -0.2) is 0 Å². The van der Waals surface area contributed by atoms with Crippen molar-refractivity contribution >= 4 is 0 Å². The zero-order chi connectivity index (χ0) is 9.80. The molecule has 1 aromatic carbocycles. The van der Waals surface area contributed by atoms with E-state index in [4.69, 9.17) is 0 Å². The van der Waals surface area contributed by atoms with E-state index in [1.807, 2.05) is 0 Å². The lowest BCUT2D eigenvalue weighted by Crippen LogP contribution is -1.93. The van der Waals surface area contributed by atoms with Crippen LogP contribution in [0.4, 0.5) is 0 Å². The van der Waals surface area contributed by atoms with E-state index in [9.17, 15) is 0 Å². The molecule has 14 heavy (non-hydrogen) atoms. The highest BCUT2D eigenvalue weighted by Crippen LogP contribution is 2.17. The van der Waals surface area contributed by atoms with Crippen molar-refractivity contribution in [2.24, 2.45) is 0 Å². The van der Waals surface area contributed by atoms with Crippen LogP contribution in [-0.2, 0) is 6.42 Å². The third kappa shape index (κ3) is 2.14. The van der Waals surface area contributed by atoms with Gasteiger partial charge in [0.25, 0.3) is 0 Å². The third-order valence-electron chi connectivity index (χ3n) is 2.73. The summed E-state index contributed by atoms with van der Waals surface area (Å²) in [6.45, 7) is 2.18. The molecule has 0 radical (unpaired) electrons. The number of allylic oxidation sites excluding steroid dienone is 4. The molecule has 0 atom stereocenters. The summed E-state index contributed by atoms with van der Waals surface area (Å²) in [5.74, 6) is 0. The second-order valence-electron chi connectivity index (χ2n) is 3.86. The summed E-state index contributed by atoms with van der Waals surface area (Å²) < 4.78 is 0. The average Bonchev–Trinajstić information content (AvgIpc) is 2.23. The minimum absolute atomic E-state index is 1.09. The summed E-state index contributed by atoms with van der Waals surface area (Å²) in [7, 11) is 0. The highest BCUT2D eigenvalue weighted by Gasteiger charge is 2.01. The van der Waals surface area contributed by atoms with E-state index in [-0.39, 0.29) is 0 Å². The molecule has 0 N–H and O–H groups in total. The lowest BCUT2D eigenvalue weighted by Gasteiger charge is -2.09. The molecule has 1 aromatic rings. The van der Waals surface area contributed by atoms with Gasteiger partial charge in [-0.05, 0) is 42.9 Å². The molecule has 0 heteroatoms. The Morgan fingerprint density at radius 2 is 2.00 bits per heavy atom. The molecule has 0 spiro atoms. The fraction of sp³-hybridized carbons (Fsp3) is 0.286. The number of rotatable bonds is 2. The van der Waals surface area contributed by atoms with Crippen LogP contribution in [0.3, 0.4) is 0 Å².